The second kappa shape index (κ2) is 5.80. The highest BCUT2D eigenvalue weighted by Gasteiger charge is 2.20. The van der Waals surface area contributed by atoms with Crippen LogP contribution in [0.25, 0.3) is 0 Å². The Kier molecular flexibility index (Phi) is 4.68. The number of hydrogen-bond acceptors (Lipinski definition) is 3. The van der Waals surface area contributed by atoms with Gasteiger partial charge in [-0.05, 0) is 18.2 Å². The van der Waals surface area contributed by atoms with Crippen molar-refractivity contribution in [2.45, 2.75) is 24.0 Å². The van der Waals surface area contributed by atoms with E-state index < -0.39 is 5.97 Å². The highest BCUT2D eigenvalue weighted by atomic mass is 32.2. The van der Waals surface area contributed by atoms with Crippen molar-refractivity contribution in [2.24, 2.45) is 5.92 Å². The highest BCUT2D eigenvalue weighted by molar-refractivity contribution is 8.00. The zero-order chi connectivity index (χ0) is 12.1. The van der Waals surface area contributed by atoms with Gasteiger partial charge in [0, 0.05) is 10.1 Å². The fourth-order valence-electron chi connectivity index (χ4n) is 1.19. The fourth-order valence-corrected chi connectivity index (χ4v) is 2.28. The SMILES string of the molecule is COc1cccc(SC(C)C(C)C(=O)O)c1. The lowest BCUT2D eigenvalue weighted by molar-refractivity contribution is -0.140. The normalized spacial score (nSPS) is 14.2. The molecule has 0 bridgehead atoms. The number of hydrogen-bond donors (Lipinski definition) is 1. The van der Waals surface area contributed by atoms with Crippen molar-refractivity contribution in [3.8, 4) is 5.75 Å². The molecule has 0 saturated heterocycles. The van der Waals surface area contributed by atoms with Gasteiger partial charge in [-0.15, -0.1) is 11.8 Å². The molecule has 16 heavy (non-hydrogen) atoms. The lowest BCUT2D eigenvalue weighted by atomic mass is 10.1. The molecule has 0 spiro atoms. The van der Waals surface area contributed by atoms with E-state index in [2.05, 4.69) is 0 Å². The summed E-state index contributed by atoms with van der Waals surface area (Å²) in [6, 6.07) is 7.64. The van der Waals surface area contributed by atoms with Crippen LogP contribution in [-0.2, 0) is 4.79 Å². The van der Waals surface area contributed by atoms with Crippen LogP contribution in [0.2, 0.25) is 0 Å². The average Bonchev–Trinajstić information content (AvgIpc) is 2.28. The number of carboxylic acid groups (broad SMARTS) is 1. The second-order valence-corrected chi connectivity index (χ2v) is 5.08. The fraction of sp³-hybridized carbons (Fsp3) is 0.417. The molecule has 0 radical (unpaired) electrons. The Morgan fingerprint density at radius 1 is 1.44 bits per heavy atom. The van der Waals surface area contributed by atoms with Gasteiger partial charge in [-0.1, -0.05) is 19.9 Å². The van der Waals surface area contributed by atoms with Crippen LogP contribution in [-0.4, -0.2) is 23.4 Å². The summed E-state index contributed by atoms with van der Waals surface area (Å²) in [5.74, 6) is -0.334. The molecule has 0 fully saturated rings. The molecule has 2 unspecified atom stereocenters. The molecule has 0 aliphatic rings. The summed E-state index contributed by atoms with van der Waals surface area (Å²) >= 11 is 1.55. The van der Waals surface area contributed by atoms with Gasteiger partial charge in [0.1, 0.15) is 5.75 Å². The number of rotatable bonds is 5. The molecular formula is C12H16O3S. The molecule has 1 rings (SSSR count). The van der Waals surface area contributed by atoms with Gasteiger partial charge in [0.25, 0.3) is 0 Å². The van der Waals surface area contributed by atoms with Crippen LogP contribution in [0.3, 0.4) is 0 Å². The summed E-state index contributed by atoms with van der Waals surface area (Å²) < 4.78 is 5.11. The smallest absolute Gasteiger partial charge is 0.307 e. The summed E-state index contributed by atoms with van der Waals surface area (Å²) in [7, 11) is 1.62. The standard InChI is InChI=1S/C12H16O3S/c1-8(12(13)14)9(2)16-11-6-4-5-10(7-11)15-3/h4-9H,1-3H3,(H,13,14). The van der Waals surface area contributed by atoms with E-state index >= 15 is 0 Å². The summed E-state index contributed by atoms with van der Waals surface area (Å²) in [5, 5.41) is 8.93. The average molecular weight is 240 g/mol. The van der Waals surface area contributed by atoms with Crippen molar-refractivity contribution in [3.63, 3.8) is 0 Å². The zero-order valence-electron chi connectivity index (χ0n) is 9.64. The van der Waals surface area contributed by atoms with Gasteiger partial charge in [-0.2, -0.15) is 0 Å². The Balaban J connectivity index is 2.68. The van der Waals surface area contributed by atoms with E-state index in [1.54, 1.807) is 25.8 Å². The van der Waals surface area contributed by atoms with Crippen molar-refractivity contribution in [3.05, 3.63) is 24.3 Å². The molecule has 0 aliphatic carbocycles. The first-order valence-corrected chi connectivity index (χ1v) is 5.96. The number of ether oxygens (including phenoxy) is 1. The van der Waals surface area contributed by atoms with Gasteiger partial charge in [-0.3, -0.25) is 4.79 Å². The number of carboxylic acids is 1. The third-order valence-corrected chi connectivity index (χ3v) is 3.76. The molecule has 0 saturated carbocycles. The van der Waals surface area contributed by atoms with E-state index in [1.165, 1.54) is 0 Å². The van der Waals surface area contributed by atoms with Gasteiger partial charge in [0.05, 0.1) is 13.0 Å². The number of thioether (sulfide) groups is 1. The molecule has 3 nitrogen and oxygen atoms in total. The van der Waals surface area contributed by atoms with E-state index in [9.17, 15) is 4.79 Å². The molecule has 0 heterocycles. The first-order valence-electron chi connectivity index (χ1n) is 5.08. The lowest BCUT2D eigenvalue weighted by Crippen LogP contribution is -2.19. The van der Waals surface area contributed by atoms with E-state index in [0.29, 0.717) is 0 Å². The first kappa shape index (κ1) is 12.9. The number of aliphatic carboxylic acids is 1. The quantitative estimate of drug-likeness (QED) is 0.804. The maximum absolute atomic E-state index is 10.8. The summed E-state index contributed by atoms with van der Waals surface area (Å²) in [5.41, 5.74) is 0. The maximum Gasteiger partial charge on any atom is 0.307 e. The van der Waals surface area contributed by atoms with Crippen LogP contribution in [0.1, 0.15) is 13.8 Å². The first-order chi connectivity index (χ1) is 7.54. The molecule has 0 amide bonds. The lowest BCUT2D eigenvalue weighted by Gasteiger charge is -2.15. The van der Waals surface area contributed by atoms with Crippen LogP contribution < -0.4 is 4.74 Å². The minimum atomic E-state index is -0.761. The van der Waals surface area contributed by atoms with E-state index in [0.717, 1.165) is 10.6 Å². The van der Waals surface area contributed by atoms with Gasteiger partial charge in [0.15, 0.2) is 0 Å². The molecule has 0 aliphatic heterocycles. The van der Waals surface area contributed by atoms with Gasteiger partial charge in [0.2, 0.25) is 0 Å². The van der Waals surface area contributed by atoms with Crippen LogP contribution in [0.15, 0.2) is 29.2 Å². The third kappa shape index (κ3) is 3.45. The van der Waals surface area contributed by atoms with Crippen molar-refractivity contribution in [1.82, 2.24) is 0 Å². The predicted octanol–water partition coefficient (Wildman–Crippen LogP) is 2.90. The van der Waals surface area contributed by atoms with Gasteiger partial charge < -0.3 is 9.84 Å². The molecule has 2 atom stereocenters. The topological polar surface area (TPSA) is 46.5 Å². The molecule has 1 N–H and O–H groups in total. The Bertz CT molecular complexity index is 365. The van der Waals surface area contributed by atoms with Gasteiger partial charge in [-0.25, -0.2) is 0 Å². The molecule has 1 aromatic carbocycles. The number of carbonyl (C=O) groups is 1. The molecule has 0 aromatic heterocycles. The monoisotopic (exact) mass is 240 g/mol. The summed E-state index contributed by atoms with van der Waals surface area (Å²) in [6.45, 7) is 3.64. The molecular weight excluding hydrogens is 224 g/mol. The number of methoxy groups -OCH3 is 1. The van der Waals surface area contributed by atoms with Crippen LogP contribution in [0, 0.1) is 5.92 Å². The predicted molar refractivity (Wildman–Crippen MR) is 65.1 cm³/mol. The van der Waals surface area contributed by atoms with Crippen molar-refractivity contribution >= 4 is 17.7 Å². The molecule has 88 valence electrons. The second-order valence-electron chi connectivity index (χ2n) is 3.63. The van der Waals surface area contributed by atoms with E-state index in [4.69, 9.17) is 9.84 Å². The van der Waals surface area contributed by atoms with Crippen LogP contribution in [0.5, 0.6) is 5.75 Å². The Morgan fingerprint density at radius 2 is 2.12 bits per heavy atom. The van der Waals surface area contributed by atoms with Crippen LogP contribution in [0.4, 0.5) is 0 Å². The minimum Gasteiger partial charge on any atom is -0.497 e. The largest absolute Gasteiger partial charge is 0.497 e. The summed E-state index contributed by atoms with van der Waals surface area (Å²) in [6.07, 6.45) is 0. The Morgan fingerprint density at radius 3 is 2.69 bits per heavy atom. The van der Waals surface area contributed by atoms with E-state index in [1.807, 2.05) is 31.2 Å². The Labute approximate surface area is 99.8 Å². The molecule has 1 aromatic rings. The molecule has 4 heteroatoms. The van der Waals surface area contributed by atoms with Crippen molar-refractivity contribution in [2.75, 3.05) is 7.11 Å². The Hall–Kier alpha value is -1.16. The highest BCUT2D eigenvalue weighted by Crippen LogP contribution is 2.30. The van der Waals surface area contributed by atoms with Crippen molar-refractivity contribution in [1.29, 1.82) is 0 Å². The minimum absolute atomic E-state index is 0.0320. The summed E-state index contributed by atoms with van der Waals surface area (Å²) in [4.78, 5) is 11.8. The number of benzene rings is 1. The third-order valence-electron chi connectivity index (χ3n) is 2.46. The maximum atomic E-state index is 10.8. The van der Waals surface area contributed by atoms with Crippen LogP contribution >= 0.6 is 11.8 Å². The van der Waals surface area contributed by atoms with E-state index in [-0.39, 0.29) is 11.2 Å². The van der Waals surface area contributed by atoms with Gasteiger partial charge >= 0.3 is 5.97 Å². The van der Waals surface area contributed by atoms with Crippen molar-refractivity contribution < 1.29 is 14.6 Å². The zero-order valence-corrected chi connectivity index (χ0v) is 10.5.